The summed E-state index contributed by atoms with van der Waals surface area (Å²) in [5.41, 5.74) is 2.83. The zero-order valence-electron chi connectivity index (χ0n) is 12.7. The van der Waals surface area contributed by atoms with Gasteiger partial charge >= 0.3 is 0 Å². The lowest BCUT2D eigenvalue weighted by Gasteiger charge is -2.40. The number of rotatable bonds is 4. The molecule has 1 N–H and O–H groups in total. The highest BCUT2D eigenvalue weighted by Gasteiger charge is 2.35. The van der Waals surface area contributed by atoms with Gasteiger partial charge in [-0.25, -0.2) is 0 Å². The van der Waals surface area contributed by atoms with E-state index in [2.05, 4.69) is 22.3 Å². The van der Waals surface area contributed by atoms with Crippen LogP contribution in [0.5, 0.6) is 0 Å². The second-order valence-corrected chi connectivity index (χ2v) is 7.46. The van der Waals surface area contributed by atoms with Crippen LogP contribution in [0.4, 0.5) is 5.69 Å². The van der Waals surface area contributed by atoms with Crippen LogP contribution in [-0.4, -0.2) is 18.6 Å². The molecule has 21 heavy (non-hydrogen) atoms. The first-order valence-corrected chi connectivity index (χ1v) is 8.97. The molecule has 0 spiro atoms. The molecule has 0 radical (unpaired) electrons. The molecule has 1 heterocycles. The van der Waals surface area contributed by atoms with E-state index >= 15 is 0 Å². The highest BCUT2D eigenvalue weighted by molar-refractivity contribution is 6.30. The number of nitrogens with one attached hydrogen (secondary N) is 1. The van der Waals surface area contributed by atoms with Gasteiger partial charge in [0.1, 0.15) is 0 Å². The maximum Gasteiger partial charge on any atom is 0.0429 e. The fourth-order valence-corrected chi connectivity index (χ4v) is 4.42. The third-order valence-corrected chi connectivity index (χ3v) is 5.74. The number of hydrogen-bond acceptors (Lipinski definition) is 2. The van der Waals surface area contributed by atoms with E-state index in [1.807, 2.05) is 6.07 Å². The predicted octanol–water partition coefficient (Wildman–Crippen LogP) is 4.36. The summed E-state index contributed by atoms with van der Waals surface area (Å²) in [6.45, 7) is 2.20. The Kier molecular flexibility index (Phi) is 3.85. The lowest BCUT2D eigenvalue weighted by atomic mass is 9.91. The molecule has 0 amide bonds. The van der Waals surface area contributed by atoms with Gasteiger partial charge in [0.25, 0.3) is 0 Å². The van der Waals surface area contributed by atoms with Crippen LogP contribution in [-0.2, 0) is 6.54 Å². The molecule has 114 valence electrons. The largest absolute Gasteiger partial charge is 0.368 e. The zero-order valence-corrected chi connectivity index (χ0v) is 13.4. The van der Waals surface area contributed by atoms with Crippen LogP contribution in [0.25, 0.3) is 0 Å². The zero-order chi connectivity index (χ0) is 14.2. The number of piperidine rings is 1. The Morgan fingerprint density at radius 2 is 1.95 bits per heavy atom. The monoisotopic (exact) mass is 304 g/mol. The first-order valence-electron chi connectivity index (χ1n) is 8.60. The van der Waals surface area contributed by atoms with Gasteiger partial charge in [0.15, 0.2) is 0 Å². The van der Waals surface area contributed by atoms with E-state index in [0.717, 1.165) is 29.6 Å². The molecule has 2 aliphatic carbocycles. The molecular weight excluding hydrogens is 280 g/mol. The van der Waals surface area contributed by atoms with E-state index in [9.17, 15) is 0 Å². The lowest BCUT2D eigenvalue weighted by Crippen LogP contribution is -2.43. The molecule has 1 aromatic carbocycles. The Morgan fingerprint density at radius 1 is 1.10 bits per heavy atom. The van der Waals surface area contributed by atoms with Crippen molar-refractivity contribution in [2.75, 3.05) is 11.4 Å². The molecule has 4 rings (SSSR count). The third kappa shape index (κ3) is 2.93. The van der Waals surface area contributed by atoms with Crippen molar-refractivity contribution in [1.82, 2.24) is 5.32 Å². The van der Waals surface area contributed by atoms with Crippen molar-refractivity contribution in [3.05, 3.63) is 28.8 Å². The Hall–Kier alpha value is -0.730. The minimum absolute atomic E-state index is 0.758. The summed E-state index contributed by atoms with van der Waals surface area (Å²) in [4.78, 5) is 2.68. The predicted molar refractivity (Wildman–Crippen MR) is 89.0 cm³/mol. The van der Waals surface area contributed by atoms with Crippen LogP contribution >= 0.6 is 11.6 Å². The van der Waals surface area contributed by atoms with Gasteiger partial charge in [-0.1, -0.05) is 24.1 Å². The highest BCUT2D eigenvalue weighted by atomic mass is 35.5. The minimum Gasteiger partial charge on any atom is -0.368 e. The second-order valence-electron chi connectivity index (χ2n) is 7.02. The SMILES string of the molecule is Clc1ccc(CNC2CC2)c(N2CCCC3CCCC32)c1. The first kappa shape index (κ1) is 13.9. The van der Waals surface area contributed by atoms with Gasteiger partial charge < -0.3 is 10.2 Å². The molecule has 0 bridgehead atoms. The fourth-order valence-electron chi connectivity index (χ4n) is 4.25. The Labute approximate surface area is 132 Å². The van der Waals surface area contributed by atoms with Gasteiger partial charge in [0.05, 0.1) is 0 Å². The summed E-state index contributed by atoms with van der Waals surface area (Å²) in [5.74, 6) is 0.918. The topological polar surface area (TPSA) is 15.3 Å². The number of hydrogen-bond donors (Lipinski definition) is 1. The average molecular weight is 305 g/mol. The van der Waals surface area contributed by atoms with Gasteiger partial charge in [-0.3, -0.25) is 0 Å². The smallest absolute Gasteiger partial charge is 0.0429 e. The van der Waals surface area contributed by atoms with E-state index in [0.29, 0.717) is 0 Å². The standard InChI is InChI=1S/C18H25ClN2/c19-15-7-6-14(12-20-16-8-9-16)18(11-15)21-10-2-4-13-3-1-5-17(13)21/h6-7,11,13,16-17,20H,1-5,8-10,12H2. The van der Waals surface area contributed by atoms with Crippen LogP contribution in [0.15, 0.2) is 18.2 Å². The van der Waals surface area contributed by atoms with E-state index < -0.39 is 0 Å². The van der Waals surface area contributed by atoms with Crippen molar-refractivity contribution in [1.29, 1.82) is 0 Å². The second kappa shape index (κ2) is 5.81. The fraction of sp³-hybridized carbons (Fsp3) is 0.667. The molecule has 2 unspecified atom stereocenters. The summed E-state index contributed by atoms with van der Waals surface area (Å²) in [5, 5.41) is 4.54. The highest BCUT2D eigenvalue weighted by Crippen LogP contribution is 2.40. The normalized spacial score (nSPS) is 28.7. The van der Waals surface area contributed by atoms with Crippen LogP contribution in [0.2, 0.25) is 5.02 Å². The van der Waals surface area contributed by atoms with Crippen LogP contribution < -0.4 is 10.2 Å². The minimum atomic E-state index is 0.758. The van der Waals surface area contributed by atoms with Gasteiger partial charge in [-0.05, 0) is 62.1 Å². The molecule has 3 fully saturated rings. The van der Waals surface area contributed by atoms with Crippen molar-refractivity contribution >= 4 is 17.3 Å². The average Bonchev–Trinajstić information content (AvgIpc) is 3.20. The maximum atomic E-state index is 6.31. The number of anilines is 1. The van der Waals surface area contributed by atoms with Crippen LogP contribution in [0.1, 0.15) is 50.5 Å². The van der Waals surface area contributed by atoms with Crippen molar-refractivity contribution in [2.45, 2.75) is 63.6 Å². The number of benzene rings is 1. The van der Waals surface area contributed by atoms with Gasteiger partial charge in [0, 0.05) is 35.9 Å². The number of nitrogens with zero attached hydrogens (tertiary/aromatic N) is 1. The molecule has 1 saturated heterocycles. The summed E-state index contributed by atoms with van der Waals surface area (Å²) in [6.07, 6.45) is 9.65. The molecule has 2 saturated carbocycles. The van der Waals surface area contributed by atoms with Crippen molar-refractivity contribution in [3.63, 3.8) is 0 Å². The summed E-state index contributed by atoms with van der Waals surface area (Å²) in [6, 6.07) is 7.99. The quantitative estimate of drug-likeness (QED) is 0.889. The van der Waals surface area contributed by atoms with Gasteiger partial charge in [-0.15, -0.1) is 0 Å². The molecule has 2 nitrogen and oxygen atoms in total. The Balaban J connectivity index is 1.60. The van der Waals surface area contributed by atoms with E-state index in [-0.39, 0.29) is 0 Å². The van der Waals surface area contributed by atoms with Crippen molar-refractivity contribution in [3.8, 4) is 0 Å². The molecule has 1 aliphatic heterocycles. The lowest BCUT2D eigenvalue weighted by molar-refractivity contribution is 0.362. The van der Waals surface area contributed by atoms with Crippen molar-refractivity contribution < 1.29 is 0 Å². The molecule has 3 aliphatic rings. The van der Waals surface area contributed by atoms with Gasteiger partial charge in [0.2, 0.25) is 0 Å². The summed E-state index contributed by atoms with van der Waals surface area (Å²) < 4.78 is 0. The summed E-state index contributed by atoms with van der Waals surface area (Å²) >= 11 is 6.31. The molecule has 2 atom stereocenters. The van der Waals surface area contributed by atoms with E-state index in [4.69, 9.17) is 11.6 Å². The van der Waals surface area contributed by atoms with Gasteiger partial charge in [-0.2, -0.15) is 0 Å². The molecular formula is C18H25ClN2. The number of halogens is 1. The Morgan fingerprint density at radius 3 is 2.81 bits per heavy atom. The third-order valence-electron chi connectivity index (χ3n) is 5.51. The van der Waals surface area contributed by atoms with Crippen LogP contribution in [0, 0.1) is 5.92 Å². The van der Waals surface area contributed by atoms with E-state index in [1.165, 1.54) is 62.7 Å². The maximum absolute atomic E-state index is 6.31. The Bertz CT molecular complexity index is 512. The van der Waals surface area contributed by atoms with Crippen LogP contribution in [0.3, 0.4) is 0 Å². The first-order chi connectivity index (χ1) is 10.3. The summed E-state index contributed by atoms with van der Waals surface area (Å²) in [7, 11) is 0. The van der Waals surface area contributed by atoms with Crippen molar-refractivity contribution in [2.24, 2.45) is 5.92 Å². The number of fused-ring (bicyclic) bond motifs is 1. The molecule has 0 aromatic heterocycles. The van der Waals surface area contributed by atoms with E-state index in [1.54, 1.807) is 0 Å². The molecule has 3 heteroatoms. The molecule has 1 aromatic rings.